The molecule has 0 bridgehead atoms. The minimum Gasteiger partial charge on any atom is -0.496 e. The van der Waals surface area contributed by atoms with E-state index in [1.807, 2.05) is 0 Å². The first-order chi connectivity index (χ1) is 13.6. The zero-order valence-electron chi connectivity index (χ0n) is 14.8. The second-order valence-electron chi connectivity index (χ2n) is 6.11. The van der Waals surface area contributed by atoms with Crippen molar-refractivity contribution < 1.29 is 18.3 Å². The highest BCUT2D eigenvalue weighted by Gasteiger charge is 2.15. The number of rotatable bonds is 4. The van der Waals surface area contributed by atoms with E-state index < -0.39 is 11.7 Å². The van der Waals surface area contributed by atoms with Crippen LogP contribution in [0.1, 0.15) is 10.4 Å². The standard InChI is InChI=1S/C21H15F2N3O2/c1-28-19-9-7-13(22)11-16(19)12-6-8-15-18(10-12)25-26-20(15)24-21(27)14-4-2-3-5-17(14)23/h2-11H,1H3,(H2,24,25,26,27). The Labute approximate surface area is 159 Å². The Hall–Kier alpha value is -3.74. The van der Waals surface area contributed by atoms with Gasteiger partial charge in [-0.15, -0.1) is 0 Å². The second-order valence-corrected chi connectivity index (χ2v) is 6.11. The van der Waals surface area contributed by atoms with Gasteiger partial charge in [-0.25, -0.2) is 8.78 Å². The van der Waals surface area contributed by atoms with Gasteiger partial charge in [-0.2, -0.15) is 5.10 Å². The number of hydrogen-bond donors (Lipinski definition) is 2. The van der Waals surface area contributed by atoms with Crippen molar-refractivity contribution in [2.75, 3.05) is 12.4 Å². The molecule has 4 rings (SSSR count). The van der Waals surface area contributed by atoms with Crippen LogP contribution in [0.2, 0.25) is 0 Å². The van der Waals surface area contributed by atoms with Gasteiger partial charge in [-0.1, -0.05) is 18.2 Å². The van der Waals surface area contributed by atoms with Gasteiger partial charge >= 0.3 is 0 Å². The van der Waals surface area contributed by atoms with Gasteiger partial charge in [-0.3, -0.25) is 9.89 Å². The predicted molar refractivity (Wildman–Crippen MR) is 102 cm³/mol. The fourth-order valence-corrected chi connectivity index (χ4v) is 3.01. The fraction of sp³-hybridized carbons (Fsp3) is 0.0476. The number of aromatic nitrogens is 2. The average molecular weight is 379 g/mol. The number of methoxy groups -OCH3 is 1. The molecule has 0 saturated carbocycles. The molecule has 0 saturated heterocycles. The summed E-state index contributed by atoms with van der Waals surface area (Å²) in [6.07, 6.45) is 0. The van der Waals surface area contributed by atoms with Crippen LogP contribution >= 0.6 is 0 Å². The number of benzene rings is 3. The molecule has 0 unspecified atom stereocenters. The molecular weight excluding hydrogens is 364 g/mol. The first kappa shape index (κ1) is 17.7. The number of anilines is 1. The van der Waals surface area contributed by atoms with E-state index in [4.69, 9.17) is 4.74 Å². The van der Waals surface area contributed by atoms with Crippen LogP contribution in [0.25, 0.3) is 22.0 Å². The number of ether oxygens (including phenoxy) is 1. The summed E-state index contributed by atoms with van der Waals surface area (Å²) in [5.74, 6) is -0.768. The van der Waals surface area contributed by atoms with Crippen LogP contribution in [0.4, 0.5) is 14.6 Å². The zero-order valence-corrected chi connectivity index (χ0v) is 14.8. The van der Waals surface area contributed by atoms with Crippen molar-refractivity contribution in [3.8, 4) is 16.9 Å². The molecule has 0 radical (unpaired) electrons. The Kier molecular flexibility index (Phi) is 4.49. The van der Waals surface area contributed by atoms with Gasteiger partial charge in [0.1, 0.15) is 17.4 Å². The Bertz CT molecular complexity index is 1190. The topological polar surface area (TPSA) is 67.0 Å². The van der Waals surface area contributed by atoms with Crippen molar-refractivity contribution in [3.63, 3.8) is 0 Å². The first-order valence-corrected chi connectivity index (χ1v) is 8.45. The van der Waals surface area contributed by atoms with Crippen LogP contribution in [0.5, 0.6) is 5.75 Å². The molecule has 0 fully saturated rings. The van der Waals surface area contributed by atoms with E-state index in [0.29, 0.717) is 22.2 Å². The Morgan fingerprint density at radius 1 is 1.07 bits per heavy atom. The summed E-state index contributed by atoms with van der Waals surface area (Å²) in [6, 6.07) is 15.3. The van der Waals surface area contributed by atoms with Crippen molar-refractivity contribution in [2.45, 2.75) is 0 Å². The third kappa shape index (κ3) is 3.18. The summed E-state index contributed by atoms with van der Waals surface area (Å²) in [7, 11) is 1.52. The highest BCUT2D eigenvalue weighted by Crippen LogP contribution is 2.33. The molecular formula is C21H15F2N3O2. The number of carbonyl (C=O) groups excluding carboxylic acids is 1. The average Bonchev–Trinajstić information content (AvgIpc) is 3.10. The van der Waals surface area contributed by atoms with E-state index in [1.165, 1.54) is 37.4 Å². The number of carbonyl (C=O) groups is 1. The van der Waals surface area contributed by atoms with E-state index in [1.54, 1.807) is 30.3 Å². The van der Waals surface area contributed by atoms with Crippen LogP contribution in [0.3, 0.4) is 0 Å². The number of halogens is 2. The third-order valence-electron chi connectivity index (χ3n) is 4.39. The van der Waals surface area contributed by atoms with E-state index in [-0.39, 0.29) is 17.2 Å². The van der Waals surface area contributed by atoms with Gasteiger partial charge < -0.3 is 10.1 Å². The van der Waals surface area contributed by atoms with Gasteiger partial charge in [0.25, 0.3) is 5.91 Å². The number of fused-ring (bicyclic) bond motifs is 1. The Morgan fingerprint density at radius 3 is 2.68 bits per heavy atom. The van der Waals surface area contributed by atoms with Crippen LogP contribution in [-0.2, 0) is 0 Å². The molecule has 0 aliphatic rings. The smallest absolute Gasteiger partial charge is 0.259 e. The van der Waals surface area contributed by atoms with Crippen LogP contribution in [0, 0.1) is 11.6 Å². The maximum absolute atomic E-state index is 13.8. The summed E-state index contributed by atoms with van der Waals surface area (Å²) in [5, 5.41) is 10.2. The molecule has 28 heavy (non-hydrogen) atoms. The number of nitrogens with one attached hydrogen (secondary N) is 2. The normalized spacial score (nSPS) is 10.8. The molecule has 7 heteroatoms. The summed E-state index contributed by atoms with van der Waals surface area (Å²) >= 11 is 0. The molecule has 1 amide bonds. The summed E-state index contributed by atoms with van der Waals surface area (Å²) in [5.41, 5.74) is 1.88. The lowest BCUT2D eigenvalue weighted by atomic mass is 10.0. The van der Waals surface area contributed by atoms with Gasteiger partial charge in [0.2, 0.25) is 0 Å². The third-order valence-corrected chi connectivity index (χ3v) is 4.39. The van der Waals surface area contributed by atoms with E-state index >= 15 is 0 Å². The molecule has 2 N–H and O–H groups in total. The molecule has 1 aromatic heterocycles. The summed E-state index contributed by atoms with van der Waals surface area (Å²) in [6.45, 7) is 0. The molecule has 4 aromatic rings. The fourth-order valence-electron chi connectivity index (χ4n) is 3.01. The number of nitrogens with zero attached hydrogens (tertiary/aromatic N) is 1. The van der Waals surface area contributed by atoms with Crippen molar-refractivity contribution >= 4 is 22.6 Å². The molecule has 0 aliphatic carbocycles. The predicted octanol–water partition coefficient (Wildman–Crippen LogP) is 4.77. The van der Waals surface area contributed by atoms with E-state index in [2.05, 4.69) is 15.5 Å². The molecule has 5 nitrogen and oxygen atoms in total. The second kappa shape index (κ2) is 7.11. The van der Waals surface area contributed by atoms with E-state index in [9.17, 15) is 13.6 Å². The summed E-state index contributed by atoms with van der Waals surface area (Å²) in [4.78, 5) is 12.3. The number of aromatic amines is 1. The van der Waals surface area contributed by atoms with Crippen molar-refractivity contribution in [2.24, 2.45) is 0 Å². The maximum Gasteiger partial charge on any atom is 0.259 e. The molecule has 0 spiro atoms. The number of H-pyrrole nitrogens is 1. The minimum absolute atomic E-state index is 0.0697. The van der Waals surface area contributed by atoms with Gasteiger partial charge in [0.15, 0.2) is 5.82 Å². The first-order valence-electron chi connectivity index (χ1n) is 8.45. The highest BCUT2D eigenvalue weighted by molar-refractivity contribution is 6.08. The van der Waals surface area contributed by atoms with Crippen LogP contribution < -0.4 is 10.1 Å². The number of hydrogen-bond acceptors (Lipinski definition) is 3. The van der Waals surface area contributed by atoms with Crippen molar-refractivity contribution in [3.05, 3.63) is 77.9 Å². The lowest BCUT2D eigenvalue weighted by Crippen LogP contribution is -2.14. The molecule has 140 valence electrons. The molecule has 3 aromatic carbocycles. The van der Waals surface area contributed by atoms with Crippen molar-refractivity contribution in [1.29, 1.82) is 0 Å². The van der Waals surface area contributed by atoms with Gasteiger partial charge in [0, 0.05) is 10.9 Å². The largest absolute Gasteiger partial charge is 0.496 e. The molecule has 0 aliphatic heterocycles. The SMILES string of the molecule is COc1ccc(F)cc1-c1ccc2c(NC(=O)c3ccccc3F)n[nH]c2c1. The summed E-state index contributed by atoms with van der Waals surface area (Å²) < 4.78 is 32.8. The molecule has 0 atom stereocenters. The number of amides is 1. The Morgan fingerprint density at radius 2 is 1.89 bits per heavy atom. The van der Waals surface area contributed by atoms with Crippen LogP contribution in [0.15, 0.2) is 60.7 Å². The van der Waals surface area contributed by atoms with E-state index in [0.717, 1.165) is 5.56 Å². The lowest BCUT2D eigenvalue weighted by molar-refractivity contribution is 0.102. The maximum atomic E-state index is 13.8. The lowest BCUT2D eigenvalue weighted by Gasteiger charge is -2.09. The zero-order chi connectivity index (χ0) is 19.7. The minimum atomic E-state index is -0.611. The van der Waals surface area contributed by atoms with Gasteiger partial charge in [-0.05, 0) is 48.0 Å². The van der Waals surface area contributed by atoms with Gasteiger partial charge in [0.05, 0.1) is 18.2 Å². The van der Waals surface area contributed by atoms with Crippen LogP contribution in [-0.4, -0.2) is 23.2 Å². The quantitative estimate of drug-likeness (QED) is 0.537. The monoisotopic (exact) mass is 379 g/mol. The van der Waals surface area contributed by atoms with Crippen molar-refractivity contribution in [1.82, 2.24) is 10.2 Å². The Balaban J connectivity index is 1.68. The molecule has 1 heterocycles. The highest BCUT2D eigenvalue weighted by atomic mass is 19.1.